The largest absolute Gasteiger partial charge is 0.508 e. The lowest BCUT2D eigenvalue weighted by Gasteiger charge is -2.40. The predicted octanol–water partition coefficient (Wildman–Crippen LogP) is 0.192. The van der Waals surface area contributed by atoms with Gasteiger partial charge in [-0.05, 0) is 48.4 Å². The van der Waals surface area contributed by atoms with E-state index in [9.17, 15) is 30.3 Å². The van der Waals surface area contributed by atoms with Crippen LogP contribution in [0.5, 0.6) is 17.2 Å². The van der Waals surface area contributed by atoms with Crippen LogP contribution >= 0.6 is 0 Å². The Morgan fingerprint density at radius 3 is 2.31 bits per heavy atom. The molecule has 11 nitrogen and oxygen atoms in total. The topological polar surface area (TPSA) is 167 Å². The number of nitrogens with one attached hydrogen (secondary N) is 1. The van der Waals surface area contributed by atoms with Gasteiger partial charge in [0, 0.05) is 6.54 Å². The van der Waals surface area contributed by atoms with Gasteiger partial charge in [-0.1, -0.05) is 18.2 Å². The van der Waals surface area contributed by atoms with Crippen molar-refractivity contribution in [2.45, 2.75) is 43.2 Å². The highest BCUT2D eigenvalue weighted by Crippen LogP contribution is 2.29. The van der Waals surface area contributed by atoms with E-state index in [1.165, 1.54) is 12.1 Å². The standard InChI is InChI=1S/C24H31NO10/c1-32-16-8-3-13(11-17(16)33-2)9-10-25-12-18(14-4-6-15(26)7-5-14)34-24-21(29)19(27)20(28)22(35-24)23(30)31/h3-8,11,18-22,24-29H,9-10,12H2,1-2H3,(H,30,31)/t18?,19-,20-,21+,22-,24+/m0/s1. The molecule has 1 unspecified atom stereocenters. The number of hydrogen-bond acceptors (Lipinski definition) is 10. The predicted molar refractivity (Wildman–Crippen MR) is 122 cm³/mol. The minimum atomic E-state index is -1.81. The SMILES string of the molecule is COc1ccc(CCNCC(O[C@@H]2O[C@H](C(=O)O)[C@@H](O)[C@H](O)[C@H]2O)c2ccc(O)cc2)cc1OC. The van der Waals surface area contributed by atoms with Gasteiger partial charge in [0.2, 0.25) is 0 Å². The number of carboxylic acids is 1. The molecule has 192 valence electrons. The third-order valence-corrected chi connectivity index (χ3v) is 5.74. The summed E-state index contributed by atoms with van der Waals surface area (Å²) in [5, 5.41) is 52.4. The highest BCUT2D eigenvalue weighted by atomic mass is 16.7. The van der Waals surface area contributed by atoms with Crippen LogP contribution in [0.2, 0.25) is 0 Å². The van der Waals surface area contributed by atoms with Gasteiger partial charge in [-0.15, -0.1) is 0 Å². The number of phenolic OH excluding ortho intramolecular Hbond substituents is 1. The molecule has 0 bridgehead atoms. The molecule has 35 heavy (non-hydrogen) atoms. The molecule has 1 heterocycles. The molecule has 1 saturated heterocycles. The van der Waals surface area contributed by atoms with Crippen molar-refractivity contribution >= 4 is 5.97 Å². The Kier molecular flexibility index (Phi) is 9.26. The van der Waals surface area contributed by atoms with Crippen LogP contribution in [0.25, 0.3) is 0 Å². The number of carboxylic acid groups (broad SMARTS) is 1. The average Bonchev–Trinajstić information content (AvgIpc) is 2.85. The Balaban J connectivity index is 1.67. The number of aliphatic hydroxyl groups excluding tert-OH is 3. The average molecular weight is 494 g/mol. The molecule has 6 atom stereocenters. The van der Waals surface area contributed by atoms with E-state index < -0.39 is 42.8 Å². The van der Waals surface area contributed by atoms with E-state index in [1.54, 1.807) is 26.4 Å². The van der Waals surface area contributed by atoms with Crippen molar-refractivity contribution in [2.24, 2.45) is 0 Å². The van der Waals surface area contributed by atoms with Gasteiger partial charge in [-0.3, -0.25) is 0 Å². The van der Waals surface area contributed by atoms with Crippen molar-refractivity contribution in [3.63, 3.8) is 0 Å². The summed E-state index contributed by atoms with van der Waals surface area (Å²) in [5.41, 5.74) is 1.62. The lowest BCUT2D eigenvalue weighted by atomic mass is 9.98. The number of aromatic hydroxyl groups is 1. The first-order chi connectivity index (χ1) is 16.7. The number of ether oxygens (including phenoxy) is 4. The second-order valence-electron chi connectivity index (χ2n) is 8.09. The maximum absolute atomic E-state index is 11.4. The van der Waals surface area contributed by atoms with Gasteiger partial charge in [-0.25, -0.2) is 4.79 Å². The van der Waals surface area contributed by atoms with Crippen LogP contribution in [0, 0.1) is 0 Å². The fourth-order valence-corrected chi connectivity index (χ4v) is 3.76. The molecule has 3 rings (SSSR count). The second kappa shape index (κ2) is 12.2. The Morgan fingerprint density at radius 1 is 1.00 bits per heavy atom. The molecule has 0 saturated carbocycles. The van der Waals surface area contributed by atoms with E-state index in [0.717, 1.165) is 5.56 Å². The lowest BCUT2D eigenvalue weighted by Crippen LogP contribution is -2.60. The second-order valence-corrected chi connectivity index (χ2v) is 8.09. The Bertz CT molecular complexity index is 969. The molecule has 6 N–H and O–H groups in total. The third-order valence-electron chi connectivity index (χ3n) is 5.74. The van der Waals surface area contributed by atoms with Gasteiger partial charge in [0.1, 0.15) is 24.1 Å². The molecule has 0 radical (unpaired) electrons. The minimum absolute atomic E-state index is 0.0485. The normalized spacial score (nSPS) is 25.1. The van der Waals surface area contributed by atoms with E-state index in [-0.39, 0.29) is 12.3 Å². The van der Waals surface area contributed by atoms with Gasteiger partial charge < -0.3 is 49.8 Å². The minimum Gasteiger partial charge on any atom is -0.508 e. The highest BCUT2D eigenvalue weighted by molar-refractivity contribution is 5.73. The van der Waals surface area contributed by atoms with Crippen LogP contribution in [-0.2, 0) is 20.7 Å². The summed E-state index contributed by atoms with van der Waals surface area (Å²) in [5.74, 6) is -0.200. The molecule has 1 aliphatic heterocycles. The highest BCUT2D eigenvalue weighted by Gasteiger charge is 2.48. The maximum atomic E-state index is 11.4. The molecular formula is C24H31NO10. The molecule has 0 aliphatic carbocycles. The van der Waals surface area contributed by atoms with Crippen LogP contribution in [-0.4, -0.2) is 89.5 Å². The first-order valence-corrected chi connectivity index (χ1v) is 11.0. The Labute approximate surface area is 202 Å². The van der Waals surface area contributed by atoms with E-state index in [4.69, 9.17) is 18.9 Å². The summed E-state index contributed by atoms with van der Waals surface area (Å²) in [4.78, 5) is 11.4. The number of benzene rings is 2. The number of aliphatic hydroxyl groups is 3. The van der Waals surface area contributed by atoms with Crippen LogP contribution in [0.3, 0.4) is 0 Å². The summed E-state index contributed by atoms with van der Waals surface area (Å²) in [7, 11) is 3.12. The van der Waals surface area contributed by atoms with Crippen LogP contribution in [0.4, 0.5) is 0 Å². The Hall–Kier alpha value is -2.93. The van der Waals surface area contributed by atoms with Crippen molar-refractivity contribution < 1.29 is 49.3 Å². The maximum Gasteiger partial charge on any atom is 0.335 e. The van der Waals surface area contributed by atoms with E-state index in [1.807, 2.05) is 18.2 Å². The number of rotatable bonds is 11. The number of phenols is 1. The lowest BCUT2D eigenvalue weighted by molar-refractivity contribution is -0.305. The quantitative estimate of drug-likeness (QED) is 0.237. The van der Waals surface area contributed by atoms with Crippen molar-refractivity contribution in [1.29, 1.82) is 0 Å². The van der Waals surface area contributed by atoms with Crippen LogP contribution in [0.1, 0.15) is 17.2 Å². The van der Waals surface area contributed by atoms with Crippen molar-refractivity contribution in [3.8, 4) is 17.2 Å². The molecule has 11 heteroatoms. The fourth-order valence-electron chi connectivity index (χ4n) is 3.76. The van der Waals surface area contributed by atoms with Crippen LogP contribution < -0.4 is 14.8 Å². The zero-order valence-corrected chi connectivity index (χ0v) is 19.4. The Morgan fingerprint density at radius 2 is 1.69 bits per heavy atom. The smallest absolute Gasteiger partial charge is 0.335 e. The summed E-state index contributed by atoms with van der Waals surface area (Å²) >= 11 is 0. The monoisotopic (exact) mass is 493 g/mol. The zero-order valence-electron chi connectivity index (χ0n) is 19.4. The number of hydrogen-bond donors (Lipinski definition) is 6. The van der Waals surface area contributed by atoms with Gasteiger partial charge in [0.25, 0.3) is 0 Å². The van der Waals surface area contributed by atoms with E-state index in [2.05, 4.69) is 5.32 Å². The van der Waals surface area contributed by atoms with Crippen molar-refractivity contribution in [1.82, 2.24) is 5.32 Å². The van der Waals surface area contributed by atoms with E-state index >= 15 is 0 Å². The molecule has 0 aromatic heterocycles. The number of aliphatic carboxylic acids is 1. The summed E-state index contributed by atoms with van der Waals surface area (Å²) in [6.07, 6.45) is -8.62. The van der Waals surface area contributed by atoms with Gasteiger partial charge in [-0.2, -0.15) is 0 Å². The molecule has 2 aromatic carbocycles. The first kappa shape index (κ1) is 26.7. The fraction of sp³-hybridized carbons (Fsp3) is 0.458. The van der Waals surface area contributed by atoms with Gasteiger partial charge >= 0.3 is 5.97 Å². The molecule has 1 aliphatic rings. The van der Waals surface area contributed by atoms with E-state index in [0.29, 0.717) is 30.0 Å². The number of methoxy groups -OCH3 is 2. The first-order valence-electron chi connectivity index (χ1n) is 11.0. The molecule has 1 fully saturated rings. The third kappa shape index (κ3) is 6.60. The molecule has 0 spiro atoms. The molecule has 2 aromatic rings. The van der Waals surface area contributed by atoms with Crippen molar-refractivity contribution in [2.75, 3.05) is 27.3 Å². The van der Waals surface area contributed by atoms with Crippen molar-refractivity contribution in [3.05, 3.63) is 53.6 Å². The summed E-state index contributed by atoms with van der Waals surface area (Å²) in [6, 6.07) is 11.8. The zero-order chi connectivity index (χ0) is 25.5. The summed E-state index contributed by atoms with van der Waals surface area (Å²) in [6.45, 7) is 0.779. The number of carbonyl (C=O) groups is 1. The van der Waals surface area contributed by atoms with Crippen LogP contribution in [0.15, 0.2) is 42.5 Å². The van der Waals surface area contributed by atoms with Gasteiger partial charge in [0.15, 0.2) is 23.9 Å². The summed E-state index contributed by atoms with van der Waals surface area (Å²) < 4.78 is 21.7. The molecular weight excluding hydrogens is 462 g/mol. The molecule has 0 amide bonds. The van der Waals surface area contributed by atoms with Gasteiger partial charge in [0.05, 0.1) is 20.3 Å².